The Labute approximate surface area is 182 Å². The second kappa shape index (κ2) is 8.05. The molecule has 4 rings (SSSR count). The predicted octanol–water partition coefficient (Wildman–Crippen LogP) is 0.686. The average Bonchev–Trinajstić information content (AvgIpc) is 3.39. The molecule has 2 heterocycles. The molecule has 3 unspecified atom stereocenters. The monoisotopic (exact) mass is 428 g/mol. The van der Waals surface area contributed by atoms with Crippen LogP contribution in [0.5, 0.6) is 0 Å². The molecular weight excluding hydrogens is 395 g/mol. The summed E-state index contributed by atoms with van der Waals surface area (Å²) in [6.07, 6.45) is 7.00. The highest BCUT2D eigenvalue weighted by atomic mass is 19.1. The lowest BCUT2D eigenvalue weighted by Crippen LogP contribution is -2.59. The van der Waals surface area contributed by atoms with Crippen molar-refractivity contribution in [3.8, 4) is 0 Å². The molecule has 168 valence electrons. The molecule has 9 N–H and O–H groups in total. The first kappa shape index (κ1) is 21.5. The minimum atomic E-state index is -0.367. The fraction of sp³-hybridized carbons (Fsp3) is 0.500. The van der Waals surface area contributed by atoms with E-state index in [4.69, 9.17) is 23.0 Å². The van der Waals surface area contributed by atoms with E-state index >= 15 is 4.39 Å². The van der Waals surface area contributed by atoms with Crippen LogP contribution in [-0.2, 0) is 6.42 Å². The molecule has 2 aliphatic heterocycles. The highest BCUT2D eigenvalue weighted by Gasteiger charge is 2.74. The number of allylic oxidation sites excluding steroid dienone is 2. The van der Waals surface area contributed by atoms with Gasteiger partial charge in [0.2, 0.25) is 0 Å². The van der Waals surface area contributed by atoms with Gasteiger partial charge in [0.05, 0.1) is 17.3 Å². The van der Waals surface area contributed by atoms with Crippen LogP contribution < -0.4 is 33.5 Å². The van der Waals surface area contributed by atoms with Crippen LogP contribution in [0.15, 0.2) is 41.3 Å². The van der Waals surface area contributed by atoms with Crippen molar-refractivity contribution in [1.29, 1.82) is 0 Å². The zero-order valence-electron chi connectivity index (χ0n) is 18.2. The van der Waals surface area contributed by atoms with Gasteiger partial charge < -0.3 is 22.1 Å². The molecule has 2 saturated heterocycles. The SMILES string of the molecule is CC(C)Cc1cc(F)c(/C(N)=N/NN)c(N2CC34CC3N(C/C(N)=C/C=C\N)CC24)c1. The van der Waals surface area contributed by atoms with Crippen LogP contribution in [0, 0.1) is 17.2 Å². The van der Waals surface area contributed by atoms with E-state index in [-0.39, 0.29) is 17.1 Å². The maximum absolute atomic E-state index is 15.2. The van der Waals surface area contributed by atoms with Crippen molar-refractivity contribution in [3.63, 3.8) is 0 Å². The third-order valence-corrected chi connectivity index (χ3v) is 6.76. The minimum absolute atomic E-state index is 0.0509. The molecule has 0 amide bonds. The van der Waals surface area contributed by atoms with E-state index < -0.39 is 0 Å². The van der Waals surface area contributed by atoms with Gasteiger partial charge in [-0.3, -0.25) is 4.90 Å². The molecule has 31 heavy (non-hydrogen) atoms. The van der Waals surface area contributed by atoms with Crippen LogP contribution >= 0.6 is 0 Å². The van der Waals surface area contributed by atoms with E-state index in [1.54, 1.807) is 12.1 Å². The van der Waals surface area contributed by atoms with Gasteiger partial charge in [-0.25, -0.2) is 15.8 Å². The van der Waals surface area contributed by atoms with Crippen molar-refractivity contribution in [3.05, 3.63) is 53.1 Å². The Morgan fingerprint density at radius 3 is 2.81 bits per heavy atom. The summed E-state index contributed by atoms with van der Waals surface area (Å²) < 4.78 is 15.2. The van der Waals surface area contributed by atoms with Gasteiger partial charge in [0, 0.05) is 36.8 Å². The van der Waals surface area contributed by atoms with Crippen LogP contribution in [0.2, 0.25) is 0 Å². The second-order valence-corrected chi connectivity index (χ2v) is 9.35. The number of nitrogens with two attached hydrogens (primary N) is 4. The Kier molecular flexibility index (Phi) is 5.57. The Bertz CT molecular complexity index is 940. The number of benzene rings is 1. The van der Waals surface area contributed by atoms with Gasteiger partial charge in [0.25, 0.3) is 0 Å². The lowest BCUT2D eigenvalue weighted by molar-refractivity contribution is 0.285. The molecule has 3 atom stereocenters. The number of amidine groups is 1. The Morgan fingerprint density at radius 1 is 1.35 bits per heavy atom. The predicted molar refractivity (Wildman–Crippen MR) is 122 cm³/mol. The van der Waals surface area contributed by atoms with Gasteiger partial charge in [-0.1, -0.05) is 13.8 Å². The zero-order valence-corrected chi connectivity index (χ0v) is 18.2. The summed E-state index contributed by atoms with van der Waals surface area (Å²) in [6.45, 7) is 6.72. The summed E-state index contributed by atoms with van der Waals surface area (Å²) in [5.74, 6) is 5.41. The molecule has 3 fully saturated rings. The van der Waals surface area contributed by atoms with Crippen molar-refractivity contribution in [2.24, 2.45) is 39.5 Å². The fourth-order valence-corrected chi connectivity index (χ4v) is 5.42. The van der Waals surface area contributed by atoms with Gasteiger partial charge in [-0.05, 0) is 54.8 Å². The number of piperidine rings is 1. The van der Waals surface area contributed by atoms with Gasteiger partial charge in [-0.2, -0.15) is 0 Å². The van der Waals surface area contributed by atoms with Gasteiger partial charge in [0.15, 0.2) is 5.84 Å². The molecule has 1 spiro atoms. The number of halogens is 1. The molecule has 3 aliphatic rings. The van der Waals surface area contributed by atoms with E-state index in [0.717, 1.165) is 42.9 Å². The molecule has 0 bridgehead atoms. The number of hydrogen-bond acceptors (Lipinski definition) is 7. The molecular formula is C22H33FN8. The maximum Gasteiger partial charge on any atom is 0.157 e. The van der Waals surface area contributed by atoms with Crippen molar-refractivity contribution in [2.75, 3.05) is 24.5 Å². The summed E-state index contributed by atoms with van der Waals surface area (Å²) in [5.41, 5.74) is 23.0. The summed E-state index contributed by atoms with van der Waals surface area (Å²) >= 11 is 0. The van der Waals surface area contributed by atoms with Crippen LogP contribution in [0.3, 0.4) is 0 Å². The number of likely N-dealkylation sites (tertiary alicyclic amines) is 1. The Balaban J connectivity index is 1.62. The molecule has 1 aromatic carbocycles. The minimum Gasteiger partial charge on any atom is -0.405 e. The standard InChI is InChI=1S/C22H33FN8/c1-13(2)6-14-7-16(23)20(21(26)28-29-27)17(8-14)31-12-22-9-18(22)30(11-19(22)31)10-15(25)4-3-5-24/h3-5,7-8,13,18-19,29H,6,9-12,24-25,27H2,1-2H3,(H2,26,28)/b5-3-,15-4-. The van der Waals surface area contributed by atoms with Crippen molar-refractivity contribution in [1.82, 2.24) is 10.4 Å². The number of hydrogen-bond donors (Lipinski definition) is 5. The highest BCUT2D eigenvalue weighted by Crippen LogP contribution is 2.65. The Hall–Kier alpha value is -2.78. The molecule has 0 radical (unpaired) electrons. The smallest absolute Gasteiger partial charge is 0.157 e. The number of anilines is 1. The molecule has 1 aromatic rings. The number of rotatable bonds is 8. The van der Waals surface area contributed by atoms with Crippen LogP contribution in [0.25, 0.3) is 0 Å². The fourth-order valence-electron chi connectivity index (χ4n) is 5.42. The second-order valence-electron chi connectivity index (χ2n) is 9.35. The van der Waals surface area contributed by atoms with E-state index in [1.165, 1.54) is 6.20 Å². The summed E-state index contributed by atoms with van der Waals surface area (Å²) in [6, 6.07) is 4.45. The first-order chi connectivity index (χ1) is 14.8. The van der Waals surface area contributed by atoms with Crippen molar-refractivity contribution in [2.45, 2.75) is 38.8 Å². The molecule has 9 heteroatoms. The lowest BCUT2D eigenvalue weighted by atomic mass is 9.84. The summed E-state index contributed by atoms with van der Waals surface area (Å²) in [4.78, 5) is 4.70. The number of hydrazine groups is 1. The number of hydrazone groups is 1. The lowest BCUT2D eigenvalue weighted by Gasteiger charge is -2.49. The molecule has 8 nitrogen and oxygen atoms in total. The van der Waals surface area contributed by atoms with E-state index in [0.29, 0.717) is 30.1 Å². The van der Waals surface area contributed by atoms with Gasteiger partial charge >= 0.3 is 0 Å². The summed E-state index contributed by atoms with van der Waals surface area (Å²) in [5, 5.41) is 3.85. The molecule has 1 aliphatic carbocycles. The van der Waals surface area contributed by atoms with E-state index in [9.17, 15) is 0 Å². The maximum atomic E-state index is 15.2. The normalized spacial score (nSPS) is 28.1. The largest absolute Gasteiger partial charge is 0.405 e. The van der Waals surface area contributed by atoms with Gasteiger partial charge in [-0.15, -0.1) is 5.10 Å². The average molecular weight is 429 g/mol. The van der Waals surface area contributed by atoms with Crippen LogP contribution in [0.4, 0.5) is 10.1 Å². The molecule has 1 saturated carbocycles. The Morgan fingerprint density at radius 2 is 2.13 bits per heavy atom. The first-order valence-corrected chi connectivity index (χ1v) is 10.8. The highest BCUT2D eigenvalue weighted by molar-refractivity contribution is 6.03. The third kappa shape index (κ3) is 3.72. The van der Waals surface area contributed by atoms with E-state index in [2.05, 4.69) is 40.3 Å². The zero-order chi connectivity index (χ0) is 22.3. The van der Waals surface area contributed by atoms with Crippen molar-refractivity contribution < 1.29 is 4.39 Å². The molecule has 0 aromatic heterocycles. The van der Waals surface area contributed by atoms with Gasteiger partial charge in [0.1, 0.15) is 5.82 Å². The number of nitrogens with one attached hydrogen (secondary N) is 1. The first-order valence-electron chi connectivity index (χ1n) is 10.8. The third-order valence-electron chi connectivity index (χ3n) is 6.76. The quantitative estimate of drug-likeness (QED) is 0.135. The van der Waals surface area contributed by atoms with Crippen LogP contribution in [-0.4, -0.2) is 42.5 Å². The van der Waals surface area contributed by atoms with Crippen molar-refractivity contribution >= 4 is 11.5 Å². The number of nitrogens with zero attached hydrogens (tertiary/aromatic N) is 3. The van der Waals surface area contributed by atoms with E-state index in [1.807, 2.05) is 6.08 Å². The summed E-state index contributed by atoms with van der Waals surface area (Å²) in [7, 11) is 0. The topological polar surface area (TPSA) is 135 Å². The van der Waals surface area contributed by atoms with Crippen LogP contribution in [0.1, 0.15) is 31.4 Å².